The average Bonchev–Trinajstić information content (AvgIpc) is 3.02. The number of carboxylic acid groups (broad SMARTS) is 1. The molecule has 1 atom stereocenters. The molecule has 1 unspecified atom stereocenters. The van der Waals surface area contributed by atoms with Gasteiger partial charge in [0.2, 0.25) is 5.91 Å². The molecule has 0 aromatic heterocycles. The van der Waals surface area contributed by atoms with Crippen molar-refractivity contribution in [2.75, 3.05) is 26.2 Å². The second kappa shape index (κ2) is 13.2. The molecule has 1 saturated heterocycles. The second-order valence-electron chi connectivity index (χ2n) is 11.1. The van der Waals surface area contributed by atoms with Crippen LogP contribution in [0, 0.1) is 17.8 Å². The zero-order chi connectivity index (χ0) is 25.3. The molecule has 198 valence electrons. The lowest BCUT2D eigenvalue weighted by Gasteiger charge is -2.28. The largest absolute Gasteiger partial charge is 0.481 e. The van der Waals surface area contributed by atoms with Crippen LogP contribution in [-0.2, 0) is 22.6 Å². The van der Waals surface area contributed by atoms with Gasteiger partial charge in [-0.05, 0) is 86.7 Å². The number of hydrogen-bond acceptors (Lipinski definition) is 4. The Morgan fingerprint density at radius 1 is 1.00 bits per heavy atom. The summed E-state index contributed by atoms with van der Waals surface area (Å²) < 4.78 is 0. The lowest BCUT2D eigenvalue weighted by atomic mass is 9.87. The van der Waals surface area contributed by atoms with Gasteiger partial charge in [-0.3, -0.25) is 14.4 Å². The molecule has 2 aliphatic heterocycles. The van der Waals surface area contributed by atoms with Crippen molar-refractivity contribution in [3.8, 4) is 0 Å². The Bertz CT molecular complexity index is 906. The Kier molecular flexibility index (Phi) is 9.79. The number of rotatable bonds is 10. The predicted molar refractivity (Wildman–Crippen MR) is 140 cm³/mol. The molecule has 0 radical (unpaired) electrons. The summed E-state index contributed by atoms with van der Waals surface area (Å²) in [5, 5.41) is 15.9. The molecular weight excluding hydrogens is 454 g/mol. The number of amides is 2. The van der Waals surface area contributed by atoms with Crippen LogP contribution in [0.4, 0.5) is 0 Å². The molecule has 2 fully saturated rings. The predicted octanol–water partition coefficient (Wildman–Crippen LogP) is 4.14. The number of piperidine rings is 1. The molecule has 1 aliphatic carbocycles. The average molecular weight is 498 g/mol. The summed E-state index contributed by atoms with van der Waals surface area (Å²) in [5.41, 5.74) is 2.55. The summed E-state index contributed by atoms with van der Waals surface area (Å²) in [6.07, 6.45) is 12.0. The van der Waals surface area contributed by atoms with Crippen LogP contribution < -0.4 is 10.6 Å². The zero-order valence-corrected chi connectivity index (χ0v) is 21.6. The highest BCUT2D eigenvalue weighted by atomic mass is 16.4. The number of carbonyl (C=O) groups excluding carboxylic acids is 2. The van der Waals surface area contributed by atoms with Crippen molar-refractivity contribution in [2.24, 2.45) is 17.8 Å². The van der Waals surface area contributed by atoms with E-state index in [9.17, 15) is 19.5 Å². The fourth-order valence-corrected chi connectivity index (χ4v) is 6.24. The van der Waals surface area contributed by atoms with Crippen LogP contribution in [-0.4, -0.2) is 54.0 Å². The molecule has 1 aromatic carbocycles. The fourth-order valence-electron chi connectivity index (χ4n) is 6.24. The van der Waals surface area contributed by atoms with Gasteiger partial charge >= 0.3 is 5.97 Å². The van der Waals surface area contributed by atoms with Crippen molar-refractivity contribution in [2.45, 2.75) is 83.6 Å². The third-order valence-corrected chi connectivity index (χ3v) is 8.44. The van der Waals surface area contributed by atoms with E-state index < -0.39 is 11.9 Å². The van der Waals surface area contributed by atoms with E-state index in [2.05, 4.69) is 10.6 Å². The van der Waals surface area contributed by atoms with Gasteiger partial charge in [0.15, 0.2) is 0 Å². The Hall–Kier alpha value is -2.41. The van der Waals surface area contributed by atoms with E-state index in [0.717, 1.165) is 49.4 Å². The van der Waals surface area contributed by atoms with Crippen molar-refractivity contribution in [3.63, 3.8) is 0 Å². The first-order valence-corrected chi connectivity index (χ1v) is 14.1. The minimum Gasteiger partial charge on any atom is -0.481 e. The molecule has 7 heteroatoms. The number of carbonyl (C=O) groups is 3. The van der Waals surface area contributed by atoms with Gasteiger partial charge in [-0.25, -0.2) is 0 Å². The summed E-state index contributed by atoms with van der Waals surface area (Å²) in [5.74, 6) is -0.283. The highest BCUT2D eigenvalue weighted by Gasteiger charge is 2.32. The molecule has 3 N–H and O–H groups in total. The summed E-state index contributed by atoms with van der Waals surface area (Å²) in [4.78, 5) is 39.6. The van der Waals surface area contributed by atoms with Gasteiger partial charge < -0.3 is 20.6 Å². The van der Waals surface area contributed by atoms with E-state index >= 15 is 0 Å². The lowest BCUT2D eigenvalue weighted by molar-refractivity contribution is -0.144. The van der Waals surface area contributed by atoms with E-state index in [-0.39, 0.29) is 18.2 Å². The standard InChI is InChI=1S/C29H43N3O4/c33-27(34)19-26-18-25-17-23(28(35)31-13-4-7-22-10-14-30-15-11-22)8-9-24(25)20-32(29(26)36)16-12-21-5-2-1-3-6-21/h8-9,17,21-22,26,30H,1-7,10-16,18-20H2,(H,31,35)(H,33,34). The summed E-state index contributed by atoms with van der Waals surface area (Å²) >= 11 is 0. The van der Waals surface area contributed by atoms with E-state index in [1.807, 2.05) is 23.1 Å². The maximum absolute atomic E-state index is 13.3. The Morgan fingerprint density at radius 3 is 2.50 bits per heavy atom. The van der Waals surface area contributed by atoms with Crippen LogP contribution in [0.3, 0.4) is 0 Å². The van der Waals surface area contributed by atoms with Crippen LogP contribution in [0.25, 0.3) is 0 Å². The Morgan fingerprint density at radius 2 is 1.75 bits per heavy atom. The smallest absolute Gasteiger partial charge is 0.304 e. The number of nitrogens with zero attached hydrogens (tertiary/aromatic N) is 1. The molecule has 1 saturated carbocycles. The number of benzene rings is 1. The third kappa shape index (κ3) is 7.55. The molecule has 0 bridgehead atoms. The minimum atomic E-state index is -0.952. The molecule has 36 heavy (non-hydrogen) atoms. The van der Waals surface area contributed by atoms with Gasteiger partial charge in [0.05, 0.1) is 12.3 Å². The zero-order valence-electron chi connectivity index (χ0n) is 21.6. The van der Waals surface area contributed by atoms with Crippen LogP contribution in [0.15, 0.2) is 18.2 Å². The third-order valence-electron chi connectivity index (χ3n) is 8.44. The molecular formula is C29H43N3O4. The van der Waals surface area contributed by atoms with Crippen molar-refractivity contribution >= 4 is 17.8 Å². The molecule has 7 nitrogen and oxygen atoms in total. The van der Waals surface area contributed by atoms with Crippen molar-refractivity contribution in [1.82, 2.24) is 15.5 Å². The highest BCUT2D eigenvalue weighted by molar-refractivity contribution is 5.94. The van der Waals surface area contributed by atoms with Crippen LogP contribution >= 0.6 is 0 Å². The van der Waals surface area contributed by atoms with Crippen LogP contribution in [0.5, 0.6) is 0 Å². The maximum atomic E-state index is 13.3. The highest BCUT2D eigenvalue weighted by Crippen LogP contribution is 2.30. The number of nitrogens with one attached hydrogen (secondary N) is 2. The normalized spacial score (nSPS) is 21.6. The van der Waals surface area contributed by atoms with Gasteiger partial charge in [-0.2, -0.15) is 0 Å². The Labute approximate surface area is 215 Å². The summed E-state index contributed by atoms with van der Waals surface area (Å²) in [6, 6.07) is 5.69. The van der Waals surface area contributed by atoms with E-state index in [1.54, 1.807) is 0 Å². The number of aliphatic carboxylic acids is 1. The first-order chi connectivity index (χ1) is 17.5. The molecule has 1 aromatic rings. The molecule has 2 amide bonds. The van der Waals surface area contributed by atoms with E-state index in [0.29, 0.717) is 37.5 Å². The first-order valence-electron chi connectivity index (χ1n) is 14.1. The second-order valence-corrected chi connectivity index (χ2v) is 11.1. The fraction of sp³-hybridized carbons (Fsp3) is 0.690. The van der Waals surface area contributed by atoms with Gasteiger partial charge in [-0.15, -0.1) is 0 Å². The van der Waals surface area contributed by atoms with Gasteiger partial charge in [-0.1, -0.05) is 38.2 Å². The van der Waals surface area contributed by atoms with E-state index in [1.165, 1.54) is 44.9 Å². The van der Waals surface area contributed by atoms with Gasteiger partial charge in [0.25, 0.3) is 5.91 Å². The topological polar surface area (TPSA) is 98.7 Å². The molecule has 3 aliphatic rings. The van der Waals surface area contributed by atoms with Crippen molar-refractivity contribution in [3.05, 3.63) is 34.9 Å². The summed E-state index contributed by atoms with van der Waals surface area (Å²) in [6.45, 7) is 4.02. The van der Waals surface area contributed by atoms with Gasteiger partial charge in [0.1, 0.15) is 0 Å². The SMILES string of the molecule is O=C(O)CC1Cc2cc(C(=O)NCCCC3CCNCC3)ccc2CN(CCC2CCCCC2)C1=O. The van der Waals surface area contributed by atoms with Crippen molar-refractivity contribution < 1.29 is 19.5 Å². The van der Waals surface area contributed by atoms with Crippen LogP contribution in [0.1, 0.15) is 92.1 Å². The minimum absolute atomic E-state index is 0.0617. The maximum Gasteiger partial charge on any atom is 0.304 e. The number of fused-ring (bicyclic) bond motifs is 1. The Balaban J connectivity index is 1.38. The van der Waals surface area contributed by atoms with E-state index in [4.69, 9.17) is 0 Å². The molecule has 4 rings (SSSR count). The molecule has 2 heterocycles. The lowest BCUT2D eigenvalue weighted by Crippen LogP contribution is -2.37. The van der Waals surface area contributed by atoms with Crippen molar-refractivity contribution in [1.29, 1.82) is 0 Å². The van der Waals surface area contributed by atoms with Gasteiger partial charge in [0, 0.05) is 25.2 Å². The number of carboxylic acids is 1. The number of hydrogen-bond donors (Lipinski definition) is 3. The van der Waals surface area contributed by atoms with Crippen LogP contribution in [0.2, 0.25) is 0 Å². The first kappa shape index (κ1) is 26.6. The summed E-state index contributed by atoms with van der Waals surface area (Å²) in [7, 11) is 0. The quantitative estimate of drug-likeness (QED) is 0.422. The molecule has 0 spiro atoms. The monoisotopic (exact) mass is 497 g/mol.